The molecule has 10 heteroatoms. The molecular formula is C14H14F3N3O3S. The second kappa shape index (κ2) is 6.00. The molecule has 2 N–H and O–H groups in total. The Morgan fingerprint density at radius 3 is 2.83 bits per heavy atom. The number of nitrogens with zero attached hydrogens (tertiary/aromatic N) is 1. The number of aromatic amines is 1. The summed E-state index contributed by atoms with van der Waals surface area (Å²) in [5, 5.41) is 0. The Kier molecular flexibility index (Phi) is 4.16. The van der Waals surface area contributed by atoms with Crippen molar-refractivity contribution in [1.82, 2.24) is 9.97 Å². The summed E-state index contributed by atoms with van der Waals surface area (Å²) in [6.45, 7) is 0.314. The number of fused-ring (bicyclic) bond motifs is 1. The molecule has 2 heterocycles. The summed E-state index contributed by atoms with van der Waals surface area (Å²) in [7, 11) is -4.57. The van der Waals surface area contributed by atoms with Crippen molar-refractivity contribution in [1.29, 1.82) is 0 Å². The lowest BCUT2D eigenvalue weighted by atomic mass is 9.90. The molecule has 0 saturated carbocycles. The number of benzene rings is 1. The number of nitrogens with one attached hydrogen (secondary N) is 2. The lowest BCUT2D eigenvalue weighted by molar-refractivity contribution is -0.106. The second-order valence-electron chi connectivity index (χ2n) is 5.40. The maximum Gasteiger partial charge on any atom is 0.404 e. The molecule has 130 valence electrons. The van der Waals surface area contributed by atoms with Crippen molar-refractivity contribution in [3.63, 3.8) is 0 Å². The molecule has 0 radical (unpaired) electrons. The van der Waals surface area contributed by atoms with Crippen molar-refractivity contribution in [2.24, 2.45) is 0 Å². The smallest absolute Gasteiger partial charge is 0.404 e. The standard InChI is InChI=1S/C14H14F3N3O3S/c15-14(16,17)7-24(21,22)20-11-3-1-2-10-9(4-5-23-13(10)11)12-6-18-8-19-12/h1-3,6,8-9,20H,4-5,7H2,(H,18,19). The van der Waals surface area contributed by atoms with E-state index in [1.54, 1.807) is 18.3 Å². The fourth-order valence-corrected chi connectivity index (χ4v) is 3.70. The molecule has 2 aromatic rings. The van der Waals surface area contributed by atoms with Gasteiger partial charge in [0.15, 0.2) is 5.75 Å². The Morgan fingerprint density at radius 2 is 2.17 bits per heavy atom. The minimum absolute atomic E-state index is 0.000894. The maximum atomic E-state index is 12.4. The molecule has 1 aliphatic rings. The van der Waals surface area contributed by atoms with Crippen LogP contribution in [0, 0.1) is 0 Å². The zero-order chi connectivity index (χ0) is 17.4. The molecule has 0 amide bonds. The molecule has 6 nitrogen and oxygen atoms in total. The van der Waals surface area contributed by atoms with Gasteiger partial charge < -0.3 is 9.72 Å². The van der Waals surface area contributed by atoms with Crippen LogP contribution in [0.25, 0.3) is 0 Å². The lowest BCUT2D eigenvalue weighted by Crippen LogP contribution is -2.28. The summed E-state index contributed by atoms with van der Waals surface area (Å²) in [6.07, 6.45) is -0.992. The highest BCUT2D eigenvalue weighted by atomic mass is 32.2. The van der Waals surface area contributed by atoms with E-state index < -0.39 is 22.0 Å². The van der Waals surface area contributed by atoms with Crippen molar-refractivity contribution in [2.45, 2.75) is 18.5 Å². The van der Waals surface area contributed by atoms with E-state index in [-0.39, 0.29) is 17.4 Å². The molecule has 0 aliphatic carbocycles. The van der Waals surface area contributed by atoms with Crippen LogP contribution in [0.3, 0.4) is 0 Å². The van der Waals surface area contributed by atoms with Gasteiger partial charge in [0.25, 0.3) is 0 Å². The Morgan fingerprint density at radius 1 is 1.38 bits per heavy atom. The van der Waals surface area contributed by atoms with Gasteiger partial charge in [0, 0.05) is 23.4 Å². The van der Waals surface area contributed by atoms with E-state index in [0.29, 0.717) is 18.6 Å². The van der Waals surface area contributed by atoms with E-state index in [2.05, 4.69) is 9.97 Å². The molecule has 1 unspecified atom stereocenters. The third kappa shape index (κ3) is 3.64. The molecule has 0 spiro atoms. The Bertz CT molecular complexity index is 820. The molecule has 0 fully saturated rings. The number of aromatic nitrogens is 2. The number of halogens is 3. The number of alkyl halides is 3. The Hall–Kier alpha value is -2.23. The van der Waals surface area contributed by atoms with Gasteiger partial charge in [-0.25, -0.2) is 13.4 Å². The van der Waals surface area contributed by atoms with Crippen LogP contribution in [0.15, 0.2) is 30.7 Å². The first-order valence-corrected chi connectivity index (χ1v) is 8.72. The summed E-state index contributed by atoms with van der Waals surface area (Å²) in [5.41, 5.74) is 1.52. The molecule has 0 bridgehead atoms. The van der Waals surface area contributed by atoms with E-state index in [1.165, 1.54) is 12.4 Å². The molecule has 1 aromatic carbocycles. The highest BCUT2D eigenvalue weighted by molar-refractivity contribution is 7.92. The van der Waals surface area contributed by atoms with Crippen LogP contribution in [-0.4, -0.2) is 36.9 Å². The average molecular weight is 361 g/mol. The Balaban J connectivity index is 1.93. The van der Waals surface area contributed by atoms with E-state index in [4.69, 9.17) is 4.74 Å². The minimum Gasteiger partial charge on any atom is -0.491 e. The summed E-state index contributed by atoms with van der Waals surface area (Å²) >= 11 is 0. The molecule has 3 rings (SSSR count). The summed E-state index contributed by atoms with van der Waals surface area (Å²) in [4.78, 5) is 6.95. The number of hydrogen-bond acceptors (Lipinski definition) is 4. The fraction of sp³-hybridized carbons (Fsp3) is 0.357. The number of sulfonamides is 1. The van der Waals surface area contributed by atoms with Gasteiger partial charge in [0.2, 0.25) is 10.0 Å². The van der Waals surface area contributed by atoms with Crippen LogP contribution in [-0.2, 0) is 10.0 Å². The largest absolute Gasteiger partial charge is 0.491 e. The highest BCUT2D eigenvalue weighted by Gasteiger charge is 2.36. The second-order valence-corrected chi connectivity index (χ2v) is 7.12. The van der Waals surface area contributed by atoms with Crippen molar-refractivity contribution < 1.29 is 26.3 Å². The fourth-order valence-electron chi connectivity index (χ4n) is 2.70. The van der Waals surface area contributed by atoms with Crippen molar-refractivity contribution in [3.8, 4) is 5.75 Å². The van der Waals surface area contributed by atoms with E-state index in [9.17, 15) is 21.6 Å². The molecule has 1 aliphatic heterocycles. The third-order valence-corrected chi connectivity index (χ3v) is 4.83. The number of rotatable bonds is 4. The molecule has 24 heavy (non-hydrogen) atoms. The topological polar surface area (TPSA) is 84.1 Å². The predicted molar refractivity (Wildman–Crippen MR) is 80.4 cm³/mol. The zero-order valence-corrected chi connectivity index (χ0v) is 13.1. The molecular weight excluding hydrogens is 347 g/mol. The monoisotopic (exact) mass is 361 g/mol. The van der Waals surface area contributed by atoms with Gasteiger partial charge >= 0.3 is 6.18 Å². The maximum absolute atomic E-state index is 12.4. The number of hydrogen-bond donors (Lipinski definition) is 2. The van der Waals surface area contributed by atoms with Crippen molar-refractivity contribution in [2.75, 3.05) is 17.1 Å². The molecule has 0 saturated heterocycles. The quantitative estimate of drug-likeness (QED) is 0.877. The number of ether oxygens (including phenoxy) is 1. The van der Waals surface area contributed by atoms with E-state index in [0.717, 1.165) is 5.69 Å². The zero-order valence-electron chi connectivity index (χ0n) is 12.3. The molecule has 1 atom stereocenters. The third-order valence-electron chi connectivity index (χ3n) is 3.59. The predicted octanol–water partition coefficient (Wildman–Crippen LogP) is 2.63. The van der Waals surface area contributed by atoms with Crippen LogP contribution >= 0.6 is 0 Å². The summed E-state index contributed by atoms with van der Waals surface area (Å²) in [5.74, 6) is -1.80. The van der Waals surface area contributed by atoms with Gasteiger partial charge in [0.05, 0.1) is 18.6 Å². The van der Waals surface area contributed by atoms with Gasteiger partial charge in [-0.3, -0.25) is 4.72 Å². The van der Waals surface area contributed by atoms with Crippen LogP contribution in [0.5, 0.6) is 5.75 Å². The average Bonchev–Trinajstić information content (AvgIpc) is 2.98. The van der Waals surface area contributed by atoms with Crippen LogP contribution in [0.2, 0.25) is 0 Å². The molecule has 1 aromatic heterocycles. The van der Waals surface area contributed by atoms with Crippen molar-refractivity contribution >= 4 is 15.7 Å². The SMILES string of the molecule is O=S(=O)(CC(F)(F)F)Nc1cccc2c1OCCC2c1cnc[nH]1. The number of imidazole rings is 1. The van der Waals surface area contributed by atoms with Crippen LogP contribution in [0.4, 0.5) is 18.9 Å². The normalized spacial score (nSPS) is 17.9. The summed E-state index contributed by atoms with van der Waals surface area (Å²) in [6, 6.07) is 4.70. The highest BCUT2D eigenvalue weighted by Crippen LogP contribution is 2.42. The number of anilines is 1. The van der Waals surface area contributed by atoms with E-state index >= 15 is 0 Å². The number of para-hydroxylation sites is 1. The van der Waals surface area contributed by atoms with Gasteiger partial charge in [0.1, 0.15) is 5.75 Å². The van der Waals surface area contributed by atoms with Crippen LogP contribution in [0.1, 0.15) is 23.6 Å². The van der Waals surface area contributed by atoms with Gasteiger partial charge in [-0.15, -0.1) is 0 Å². The Labute approximate surface area is 136 Å². The van der Waals surface area contributed by atoms with E-state index in [1.807, 2.05) is 4.72 Å². The number of H-pyrrole nitrogens is 1. The first kappa shape index (κ1) is 16.6. The van der Waals surface area contributed by atoms with Gasteiger partial charge in [-0.05, 0) is 12.5 Å². The van der Waals surface area contributed by atoms with Crippen molar-refractivity contribution in [3.05, 3.63) is 42.0 Å². The van der Waals surface area contributed by atoms with Crippen LogP contribution < -0.4 is 9.46 Å². The lowest BCUT2D eigenvalue weighted by Gasteiger charge is -2.27. The van der Waals surface area contributed by atoms with Gasteiger partial charge in [-0.2, -0.15) is 13.2 Å². The first-order valence-electron chi connectivity index (χ1n) is 7.06. The minimum atomic E-state index is -4.82. The summed E-state index contributed by atoms with van der Waals surface area (Å²) < 4.78 is 68.0. The van der Waals surface area contributed by atoms with Gasteiger partial charge in [-0.1, -0.05) is 12.1 Å². The first-order chi connectivity index (χ1) is 11.3.